The van der Waals surface area contributed by atoms with Crippen molar-refractivity contribution in [1.29, 1.82) is 0 Å². The topological polar surface area (TPSA) is 39.7 Å². The maximum Gasteiger partial charge on any atom is 0.391 e. The third kappa shape index (κ3) is 9.98. The van der Waals surface area contributed by atoms with Crippen LogP contribution >= 0.6 is 24.0 Å². The summed E-state index contributed by atoms with van der Waals surface area (Å²) >= 11 is 0. The summed E-state index contributed by atoms with van der Waals surface area (Å²) in [5.41, 5.74) is 0. The van der Waals surface area contributed by atoms with Crippen LogP contribution in [0.3, 0.4) is 0 Å². The molecular weight excluding hydrogens is 480 g/mol. The Hall–Kier alpha value is -0.250. The van der Waals surface area contributed by atoms with Crippen LogP contribution in [0.5, 0.6) is 0 Å². The molecule has 0 aromatic heterocycles. The van der Waals surface area contributed by atoms with Gasteiger partial charge in [0.05, 0.1) is 5.92 Å². The van der Waals surface area contributed by atoms with Crippen LogP contribution in [0.25, 0.3) is 0 Å². The Kier molecular flexibility index (Phi) is 12.8. The zero-order chi connectivity index (χ0) is 19.5. The van der Waals surface area contributed by atoms with E-state index in [1.54, 1.807) is 0 Å². The number of guanidine groups is 1. The fourth-order valence-electron chi connectivity index (χ4n) is 4.08. The van der Waals surface area contributed by atoms with Gasteiger partial charge >= 0.3 is 6.18 Å². The number of halogens is 4. The predicted octanol–water partition coefficient (Wildman–Crippen LogP) is 4.94. The van der Waals surface area contributed by atoms with E-state index >= 15 is 0 Å². The van der Waals surface area contributed by atoms with Crippen molar-refractivity contribution >= 4 is 29.9 Å². The second kappa shape index (κ2) is 13.9. The maximum atomic E-state index is 12.8. The summed E-state index contributed by atoms with van der Waals surface area (Å²) in [4.78, 5) is 7.18. The van der Waals surface area contributed by atoms with Gasteiger partial charge in [-0.05, 0) is 77.9 Å². The van der Waals surface area contributed by atoms with Crippen LogP contribution in [0.1, 0.15) is 71.1 Å². The van der Waals surface area contributed by atoms with Crippen molar-refractivity contribution < 1.29 is 13.2 Å². The van der Waals surface area contributed by atoms with Crippen LogP contribution in [0.2, 0.25) is 0 Å². The molecule has 2 N–H and O–H groups in total. The van der Waals surface area contributed by atoms with Crippen molar-refractivity contribution in [2.45, 2.75) is 83.4 Å². The Morgan fingerprint density at radius 1 is 1.00 bits per heavy atom. The van der Waals surface area contributed by atoms with Crippen molar-refractivity contribution in [3.63, 3.8) is 0 Å². The van der Waals surface area contributed by atoms with Gasteiger partial charge in [0.25, 0.3) is 0 Å². The third-order valence-electron chi connectivity index (χ3n) is 5.73. The van der Waals surface area contributed by atoms with Crippen LogP contribution in [-0.2, 0) is 0 Å². The average molecular weight is 518 g/mol. The predicted molar refractivity (Wildman–Crippen MR) is 120 cm³/mol. The summed E-state index contributed by atoms with van der Waals surface area (Å²) in [6.07, 6.45) is 5.03. The number of nitrogens with one attached hydrogen (secondary N) is 2. The molecule has 166 valence electrons. The molecule has 1 aliphatic heterocycles. The van der Waals surface area contributed by atoms with Gasteiger partial charge in [0.1, 0.15) is 0 Å². The molecule has 0 aromatic rings. The van der Waals surface area contributed by atoms with Gasteiger partial charge < -0.3 is 15.5 Å². The number of hydrogen-bond acceptors (Lipinski definition) is 2. The molecule has 28 heavy (non-hydrogen) atoms. The molecule has 0 unspecified atom stereocenters. The first-order valence-electron chi connectivity index (χ1n) is 10.8. The number of aliphatic imine (C=N–C) groups is 1. The molecule has 1 saturated heterocycles. The molecule has 0 atom stereocenters. The maximum absolute atomic E-state index is 12.8. The quantitative estimate of drug-likeness (QED) is 0.207. The lowest BCUT2D eigenvalue weighted by Gasteiger charge is -2.31. The number of hydrogen-bond donors (Lipinski definition) is 2. The Morgan fingerprint density at radius 3 is 2.29 bits per heavy atom. The van der Waals surface area contributed by atoms with Gasteiger partial charge in [0.2, 0.25) is 0 Å². The van der Waals surface area contributed by atoms with Crippen molar-refractivity contribution in [1.82, 2.24) is 15.5 Å². The Balaban J connectivity index is 0.00000392. The van der Waals surface area contributed by atoms with Gasteiger partial charge in [0.15, 0.2) is 5.96 Å². The molecule has 8 heteroatoms. The summed E-state index contributed by atoms with van der Waals surface area (Å²) in [6, 6.07) is 0.0977. The van der Waals surface area contributed by atoms with E-state index in [1.165, 1.54) is 51.7 Å². The lowest BCUT2D eigenvalue weighted by Crippen LogP contribution is -2.45. The summed E-state index contributed by atoms with van der Waals surface area (Å²) in [6.45, 7) is 7.25. The number of unbranched alkanes of at least 4 members (excludes halogenated alkanes) is 2. The molecule has 0 bridgehead atoms. The van der Waals surface area contributed by atoms with Crippen molar-refractivity contribution in [2.24, 2.45) is 10.9 Å². The first-order chi connectivity index (χ1) is 13.0. The minimum atomic E-state index is -4.04. The van der Waals surface area contributed by atoms with E-state index in [0.29, 0.717) is 12.8 Å². The third-order valence-corrected chi connectivity index (χ3v) is 5.73. The minimum absolute atomic E-state index is 0. The highest BCUT2D eigenvalue weighted by Crippen LogP contribution is 2.37. The molecular formula is C20H38F3IN4. The summed E-state index contributed by atoms with van der Waals surface area (Å²) < 4.78 is 38.3. The Labute approximate surface area is 185 Å². The van der Waals surface area contributed by atoms with Crippen LogP contribution in [0.4, 0.5) is 13.2 Å². The summed E-state index contributed by atoms with van der Waals surface area (Å²) in [7, 11) is 0. The van der Waals surface area contributed by atoms with E-state index in [9.17, 15) is 13.2 Å². The van der Waals surface area contributed by atoms with E-state index in [4.69, 9.17) is 0 Å². The zero-order valence-electron chi connectivity index (χ0n) is 17.2. The van der Waals surface area contributed by atoms with Crippen LogP contribution in [0.15, 0.2) is 4.99 Å². The fourth-order valence-corrected chi connectivity index (χ4v) is 4.08. The number of nitrogens with zero attached hydrogens (tertiary/aromatic N) is 2. The van der Waals surface area contributed by atoms with Gasteiger partial charge in [-0.3, -0.25) is 4.99 Å². The van der Waals surface area contributed by atoms with E-state index in [-0.39, 0.29) is 42.9 Å². The molecule has 0 spiro atoms. The largest absolute Gasteiger partial charge is 0.391 e. The van der Waals surface area contributed by atoms with Gasteiger partial charge in [-0.15, -0.1) is 24.0 Å². The van der Waals surface area contributed by atoms with Crippen LogP contribution in [-0.4, -0.2) is 55.8 Å². The standard InChI is InChI=1S/C20H37F3N4.HI/c1-2-24-19(26-18-11-9-17(10-12-18)20(21,22)23)25-13-5-3-6-14-27-15-7-4-8-16-27;/h17-18H,2-16H2,1H3,(H2,24,25,26);1H. The van der Waals surface area contributed by atoms with Crippen molar-refractivity contribution in [3.05, 3.63) is 0 Å². The number of alkyl halides is 3. The highest BCUT2D eigenvalue weighted by atomic mass is 127. The van der Waals surface area contributed by atoms with Crippen LogP contribution < -0.4 is 10.6 Å². The van der Waals surface area contributed by atoms with E-state index in [2.05, 4.69) is 20.5 Å². The van der Waals surface area contributed by atoms with E-state index in [0.717, 1.165) is 25.5 Å². The molecule has 1 aliphatic carbocycles. The average Bonchev–Trinajstić information content (AvgIpc) is 2.65. The fraction of sp³-hybridized carbons (Fsp3) is 0.950. The molecule has 0 radical (unpaired) electrons. The summed E-state index contributed by atoms with van der Waals surface area (Å²) in [5.74, 6) is -0.376. The molecule has 4 nitrogen and oxygen atoms in total. The molecule has 1 saturated carbocycles. The summed E-state index contributed by atoms with van der Waals surface area (Å²) in [5, 5.41) is 6.56. The van der Waals surface area contributed by atoms with Gasteiger partial charge in [0, 0.05) is 19.1 Å². The van der Waals surface area contributed by atoms with Crippen LogP contribution in [0, 0.1) is 5.92 Å². The highest BCUT2D eigenvalue weighted by molar-refractivity contribution is 14.0. The second-order valence-corrected chi connectivity index (χ2v) is 7.96. The highest BCUT2D eigenvalue weighted by Gasteiger charge is 2.41. The second-order valence-electron chi connectivity index (χ2n) is 7.96. The first-order valence-corrected chi connectivity index (χ1v) is 10.8. The normalized spacial score (nSPS) is 24.5. The molecule has 2 rings (SSSR count). The van der Waals surface area contributed by atoms with Gasteiger partial charge in [-0.25, -0.2) is 0 Å². The molecule has 0 amide bonds. The molecule has 2 fully saturated rings. The Morgan fingerprint density at radius 2 is 1.68 bits per heavy atom. The lowest BCUT2D eigenvalue weighted by atomic mass is 9.85. The van der Waals surface area contributed by atoms with Gasteiger partial charge in [-0.2, -0.15) is 13.2 Å². The monoisotopic (exact) mass is 518 g/mol. The minimum Gasteiger partial charge on any atom is -0.357 e. The number of piperidine rings is 1. The first kappa shape index (κ1) is 25.8. The van der Waals surface area contributed by atoms with Crippen molar-refractivity contribution in [3.8, 4) is 0 Å². The molecule has 2 aliphatic rings. The van der Waals surface area contributed by atoms with E-state index in [1.807, 2.05) is 6.92 Å². The zero-order valence-corrected chi connectivity index (χ0v) is 19.5. The molecule has 1 heterocycles. The van der Waals surface area contributed by atoms with E-state index < -0.39 is 12.1 Å². The Bertz CT molecular complexity index is 432. The van der Waals surface area contributed by atoms with Crippen molar-refractivity contribution in [2.75, 3.05) is 32.7 Å². The number of rotatable bonds is 8. The van der Waals surface area contributed by atoms with Gasteiger partial charge in [-0.1, -0.05) is 12.8 Å². The number of likely N-dealkylation sites (tertiary alicyclic amines) is 1. The lowest BCUT2D eigenvalue weighted by molar-refractivity contribution is -0.182. The smallest absolute Gasteiger partial charge is 0.357 e. The molecule has 0 aromatic carbocycles. The SMILES string of the molecule is CCNC(=NCCCCCN1CCCCC1)NC1CCC(C(F)(F)F)CC1.I.